The number of pyridine rings is 1. The van der Waals surface area contributed by atoms with Crippen LogP contribution in [-0.2, 0) is 11.3 Å². The van der Waals surface area contributed by atoms with Crippen LogP contribution in [0.2, 0.25) is 0 Å². The van der Waals surface area contributed by atoms with E-state index in [2.05, 4.69) is 44.5 Å². The van der Waals surface area contributed by atoms with E-state index in [-0.39, 0.29) is 17.7 Å². The fourth-order valence-electron chi connectivity index (χ4n) is 5.46. The first kappa shape index (κ1) is 22.2. The summed E-state index contributed by atoms with van der Waals surface area (Å²) in [6, 6.07) is 8.56. The molecule has 4 aliphatic rings. The summed E-state index contributed by atoms with van der Waals surface area (Å²) in [5, 5.41) is 6.16. The third-order valence-corrected chi connectivity index (χ3v) is 7.51. The lowest BCUT2D eigenvalue weighted by atomic mass is 9.83. The van der Waals surface area contributed by atoms with Crippen molar-refractivity contribution < 1.29 is 9.59 Å². The number of hydrogen-bond donors (Lipinski definition) is 2. The Hall–Kier alpha value is -3.26. The highest BCUT2D eigenvalue weighted by Crippen LogP contribution is 2.34. The second-order valence-corrected chi connectivity index (χ2v) is 10.2. The van der Waals surface area contributed by atoms with Gasteiger partial charge in [-0.05, 0) is 61.9 Å². The van der Waals surface area contributed by atoms with E-state index in [4.69, 9.17) is 4.99 Å². The summed E-state index contributed by atoms with van der Waals surface area (Å²) in [5.41, 5.74) is 6.06. The van der Waals surface area contributed by atoms with E-state index in [9.17, 15) is 9.59 Å². The number of aliphatic imine (C=N–C) groups is 1. The van der Waals surface area contributed by atoms with Crippen molar-refractivity contribution in [1.29, 1.82) is 0 Å². The van der Waals surface area contributed by atoms with Gasteiger partial charge in [-0.3, -0.25) is 19.5 Å². The van der Waals surface area contributed by atoms with Crippen LogP contribution in [0.4, 0.5) is 11.5 Å². The lowest BCUT2D eigenvalue weighted by Crippen LogP contribution is -2.46. The maximum atomic E-state index is 12.6. The van der Waals surface area contributed by atoms with Crippen molar-refractivity contribution >= 4 is 29.0 Å². The Balaban J connectivity index is 1.09. The molecule has 35 heavy (non-hydrogen) atoms. The normalized spacial score (nSPS) is 22.1. The molecule has 6 rings (SSSR count). The number of aryl methyl sites for hydroxylation is 1. The number of carbonyl (C=O) groups excluding carboxylic acids is 2. The topological polar surface area (TPSA) is 89.9 Å². The van der Waals surface area contributed by atoms with Gasteiger partial charge in [0.2, 0.25) is 5.91 Å². The highest BCUT2D eigenvalue weighted by molar-refractivity contribution is 6.23. The Morgan fingerprint density at radius 3 is 2.71 bits per heavy atom. The molecule has 182 valence electrons. The Morgan fingerprint density at radius 1 is 1.14 bits per heavy atom. The second-order valence-electron chi connectivity index (χ2n) is 10.2. The van der Waals surface area contributed by atoms with E-state index in [0.29, 0.717) is 11.6 Å². The predicted octanol–water partition coefficient (Wildman–Crippen LogP) is 2.76. The standard InChI is InChI=1S/C27H32N6O2/c1-17-13-18(14-22-24(17)25-21(27(35)31-22)3-2-8-28-25)16-32-9-11-33(12-10-32)23-7-4-19(15-29-23)26(34)30-20-5-6-20/h4,7,13-15,20-21H,2-3,5-6,8-12,16H2,1H3,(H,30,34)(H,31,35). The van der Waals surface area contributed by atoms with Crippen molar-refractivity contribution in [2.75, 3.05) is 42.9 Å². The van der Waals surface area contributed by atoms with Crippen molar-refractivity contribution in [3.05, 3.63) is 52.7 Å². The zero-order valence-corrected chi connectivity index (χ0v) is 20.2. The Kier molecular flexibility index (Phi) is 5.76. The van der Waals surface area contributed by atoms with Crippen LogP contribution in [0.5, 0.6) is 0 Å². The van der Waals surface area contributed by atoms with Crippen molar-refractivity contribution in [2.24, 2.45) is 10.9 Å². The van der Waals surface area contributed by atoms with Crippen LogP contribution in [0, 0.1) is 12.8 Å². The molecule has 1 atom stereocenters. The van der Waals surface area contributed by atoms with Gasteiger partial charge in [-0.15, -0.1) is 0 Å². The molecule has 2 fully saturated rings. The maximum absolute atomic E-state index is 12.6. The first-order valence-electron chi connectivity index (χ1n) is 12.8. The van der Waals surface area contributed by atoms with E-state index < -0.39 is 0 Å². The predicted molar refractivity (Wildman–Crippen MR) is 136 cm³/mol. The number of amides is 2. The van der Waals surface area contributed by atoms with Gasteiger partial charge in [0.1, 0.15) is 5.82 Å². The Bertz CT molecular complexity index is 1180. The minimum Gasteiger partial charge on any atom is -0.354 e. The minimum atomic E-state index is -0.0934. The van der Waals surface area contributed by atoms with Gasteiger partial charge < -0.3 is 15.5 Å². The monoisotopic (exact) mass is 472 g/mol. The molecule has 0 radical (unpaired) electrons. The molecule has 2 amide bonds. The van der Waals surface area contributed by atoms with Crippen LogP contribution < -0.4 is 15.5 Å². The highest BCUT2D eigenvalue weighted by atomic mass is 16.2. The summed E-state index contributed by atoms with van der Waals surface area (Å²) < 4.78 is 0. The summed E-state index contributed by atoms with van der Waals surface area (Å²) in [6.07, 6.45) is 5.72. The second kappa shape index (κ2) is 9.07. The first-order chi connectivity index (χ1) is 17.0. The maximum Gasteiger partial charge on any atom is 0.253 e. The average molecular weight is 473 g/mol. The van der Waals surface area contributed by atoms with Crippen LogP contribution in [-0.4, -0.2) is 66.2 Å². The Labute approximate surface area is 205 Å². The van der Waals surface area contributed by atoms with Crippen molar-refractivity contribution in [3.8, 4) is 0 Å². The molecule has 3 aliphatic heterocycles. The van der Waals surface area contributed by atoms with E-state index in [1.807, 2.05) is 12.1 Å². The fourth-order valence-corrected chi connectivity index (χ4v) is 5.46. The summed E-state index contributed by atoms with van der Waals surface area (Å²) in [7, 11) is 0. The molecule has 1 aromatic heterocycles. The Morgan fingerprint density at radius 2 is 1.97 bits per heavy atom. The molecule has 0 bridgehead atoms. The summed E-state index contributed by atoms with van der Waals surface area (Å²) in [6.45, 7) is 7.44. The highest BCUT2D eigenvalue weighted by Gasteiger charge is 2.35. The molecule has 8 nitrogen and oxygen atoms in total. The molecule has 1 saturated carbocycles. The molecule has 4 heterocycles. The van der Waals surface area contributed by atoms with Crippen molar-refractivity contribution in [3.63, 3.8) is 0 Å². The van der Waals surface area contributed by atoms with Gasteiger partial charge in [0, 0.05) is 57.1 Å². The van der Waals surface area contributed by atoms with Crippen LogP contribution in [0.3, 0.4) is 0 Å². The van der Waals surface area contributed by atoms with Crippen LogP contribution in [0.25, 0.3) is 0 Å². The van der Waals surface area contributed by atoms with Gasteiger partial charge >= 0.3 is 0 Å². The largest absolute Gasteiger partial charge is 0.354 e. The molecular formula is C27H32N6O2. The molecule has 2 aromatic rings. The van der Waals surface area contributed by atoms with Gasteiger partial charge in [-0.25, -0.2) is 4.98 Å². The van der Waals surface area contributed by atoms with Crippen LogP contribution in [0.15, 0.2) is 35.5 Å². The van der Waals surface area contributed by atoms with Gasteiger partial charge in [0.25, 0.3) is 5.91 Å². The smallest absolute Gasteiger partial charge is 0.253 e. The summed E-state index contributed by atoms with van der Waals surface area (Å²) in [5.74, 6) is 0.885. The molecule has 0 spiro atoms. The lowest BCUT2D eigenvalue weighted by Gasteiger charge is -2.36. The van der Waals surface area contributed by atoms with Crippen LogP contribution >= 0.6 is 0 Å². The number of nitrogens with one attached hydrogen (secondary N) is 2. The molecule has 2 N–H and O–H groups in total. The quantitative estimate of drug-likeness (QED) is 0.699. The number of carbonyl (C=O) groups is 2. The van der Waals surface area contributed by atoms with Crippen molar-refractivity contribution in [2.45, 2.75) is 45.2 Å². The number of anilines is 2. The van der Waals surface area contributed by atoms with Gasteiger partial charge in [-0.2, -0.15) is 0 Å². The molecular weight excluding hydrogens is 440 g/mol. The molecule has 1 unspecified atom stereocenters. The van der Waals surface area contributed by atoms with Crippen molar-refractivity contribution in [1.82, 2.24) is 15.2 Å². The number of benzene rings is 1. The third kappa shape index (κ3) is 4.55. The number of hydrogen-bond acceptors (Lipinski definition) is 6. The molecule has 1 aliphatic carbocycles. The zero-order valence-electron chi connectivity index (χ0n) is 20.2. The molecule has 8 heteroatoms. The van der Waals surface area contributed by atoms with Crippen LogP contribution in [0.1, 0.15) is 52.7 Å². The van der Waals surface area contributed by atoms with Gasteiger partial charge in [0.15, 0.2) is 0 Å². The number of piperazine rings is 1. The SMILES string of the molecule is Cc1cc(CN2CCN(c3ccc(C(=O)NC4CC4)cn3)CC2)cc2c1C1=NCCCC1C(=O)N2. The third-order valence-electron chi connectivity index (χ3n) is 7.51. The van der Waals surface area contributed by atoms with E-state index >= 15 is 0 Å². The van der Waals surface area contributed by atoms with Gasteiger partial charge in [0.05, 0.1) is 22.9 Å². The number of aromatic nitrogens is 1. The number of rotatable bonds is 5. The van der Waals surface area contributed by atoms with E-state index in [1.165, 1.54) is 11.1 Å². The average Bonchev–Trinajstić information content (AvgIpc) is 3.68. The lowest BCUT2D eigenvalue weighted by molar-refractivity contribution is -0.118. The molecule has 1 aromatic carbocycles. The molecule has 1 saturated heterocycles. The van der Waals surface area contributed by atoms with Gasteiger partial charge in [-0.1, -0.05) is 6.07 Å². The summed E-state index contributed by atoms with van der Waals surface area (Å²) >= 11 is 0. The zero-order chi connectivity index (χ0) is 23.9. The van der Waals surface area contributed by atoms with E-state index in [1.54, 1.807) is 6.20 Å². The van der Waals surface area contributed by atoms with E-state index in [0.717, 1.165) is 87.7 Å². The summed E-state index contributed by atoms with van der Waals surface area (Å²) in [4.78, 5) is 38.9. The minimum absolute atomic E-state index is 0.0287. The first-order valence-corrected chi connectivity index (χ1v) is 12.8. The number of nitrogens with zero attached hydrogens (tertiary/aromatic N) is 4. The number of fused-ring (bicyclic) bond motifs is 3. The fraction of sp³-hybridized carbons (Fsp3) is 0.481.